The number of nitriles is 1. The van der Waals surface area contributed by atoms with Crippen LogP contribution < -0.4 is 5.32 Å². The number of carbonyl (C=O) groups is 1. The zero-order chi connectivity index (χ0) is 20.2. The van der Waals surface area contributed by atoms with Crippen LogP contribution in [0.4, 0.5) is 5.13 Å². The predicted molar refractivity (Wildman–Crippen MR) is 117 cm³/mol. The van der Waals surface area contributed by atoms with Gasteiger partial charge in [-0.15, -0.1) is 11.3 Å². The Bertz CT molecular complexity index is 1270. The summed E-state index contributed by atoms with van der Waals surface area (Å²) in [5, 5.41) is 14.2. The first-order chi connectivity index (χ1) is 14.1. The normalized spacial score (nSPS) is 11.4. The minimum Gasteiger partial charge on any atom is -0.361 e. The van der Waals surface area contributed by atoms with Gasteiger partial charge in [-0.05, 0) is 29.8 Å². The molecule has 2 N–H and O–H groups in total. The van der Waals surface area contributed by atoms with Crippen molar-refractivity contribution in [3.63, 3.8) is 0 Å². The van der Waals surface area contributed by atoms with Crippen LogP contribution >= 0.6 is 22.9 Å². The molecule has 0 saturated carbocycles. The maximum absolute atomic E-state index is 12.6. The molecule has 0 atom stereocenters. The Morgan fingerprint density at radius 2 is 2.14 bits per heavy atom. The van der Waals surface area contributed by atoms with Gasteiger partial charge in [-0.3, -0.25) is 10.1 Å². The Hall–Kier alpha value is -3.40. The zero-order valence-corrected chi connectivity index (χ0v) is 16.7. The molecule has 0 aliphatic carbocycles. The van der Waals surface area contributed by atoms with E-state index in [4.69, 9.17) is 11.6 Å². The van der Waals surface area contributed by atoms with Crippen LogP contribution in [-0.4, -0.2) is 15.9 Å². The number of nitrogens with zero attached hydrogens (tertiary/aromatic N) is 2. The second-order valence-corrected chi connectivity index (χ2v) is 7.90. The Balaban J connectivity index is 1.49. The molecule has 0 aliphatic heterocycles. The highest BCUT2D eigenvalue weighted by molar-refractivity contribution is 7.15. The van der Waals surface area contributed by atoms with Crippen molar-refractivity contribution in [1.29, 1.82) is 5.26 Å². The van der Waals surface area contributed by atoms with Crippen LogP contribution in [0.3, 0.4) is 0 Å². The number of para-hydroxylation sites is 1. The number of rotatable bonds is 5. The van der Waals surface area contributed by atoms with Crippen LogP contribution in [-0.2, 0) is 11.2 Å². The molecule has 0 fully saturated rings. The lowest BCUT2D eigenvalue weighted by atomic mass is 10.1. The van der Waals surface area contributed by atoms with E-state index in [0.29, 0.717) is 16.6 Å². The summed E-state index contributed by atoms with van der Waals surface area (Å²) in [6.45, 7) is 0. The van der Waals surface area contributed by atoms with Crippen LogP contribution in [0.5, 0.6) is 0 Å². The Kier molecular flexibility index (Phi) is 5.43. The van der Waals surface area contributed by atoms with E-state index in [1.807, 2.05) is 54.6 Å². The fraction of sp³-hybridized carbons (Fsp3) is 0.0455. The molecule has 4 aromatic rings. The van der Waals surface area contributed by atoms with E-state index >= 15 is 0 Å². The molecule has 0 spiro atoms. The van der Waals surface area contributed by atoms with E-state index in [9.17, 15) is 10.1 Å². The van der Waals surface area contributed by atoms with Gasteiger partial charge < -0.3 is 4.98 Å². The second kappa shape index (κ2) is 8.31. The fourth-order valence-electron chi connectivity index (χ4n) is 2.98. The smallest absolute Gasteiger partial charge is 0.268 e. The highest BCUT2D eigenvalue weighted by Gasteiger charge is 2.13. The summed E-state index contributed by atoms with van der Waals surface area (Å²) in [7, 11) is 0. The number of anilines is 1. The number of nitrogens with one attached hydrogen (secondary N) is 2. The summed E-state index contributed by atoms with van der Waals surface area (Å²) in [5.41, 5.74) is 2.81. The van der Waals surface area contributed by atoms with Gasteiger partial charge in [-0.2, -0.15) is 5.26 Å². The number of fused-ring (bicyclic) bond motifs is 1. The highest BCUT2D eigenvalue weighted by Crippen LogP contribution is 2.24. The van der Waals surface area contributed by atoms with Crippen molar-refractivity contribution < 1.29 is 4.79 Å². The number of halogens is 1. The Morgan fingerprint density at radius 3 is 2.97 bits per heavy atom. The number of hydrogen-bond acceptors (Lipinski definition) is 4. The first kappa shape index (κ1) is 18.9. The minimum atomic E-state index is -0.485. The summed E-state index contributed by atoms with van der Waals surface area (Å²) in [6.07, 6.45) is 5.75. The molecule has 4 rings (SSSR count). The molecule has 2 aromatic carbocycles. The number of aromatic nitrogens is 2. The Labute approximate surface area is 176 Å². The fourth-order valence-corrected chi connectivity index (χ4v) is 4.03. The average Bonchev–Trinajstić information content (AvgIpc) is 3.33. The van der Waals surface area contributed by atoms with Gasteiger partial charge in [0, 0.05) is 45.2 Å². The summed E-state index contributed by atoms with van der Waals surface area (Å²) in [6, 6.07) is 17.3. The first-order valence-electron chi connectivity index (χ1n) is 8.81. The molecular weight excluding hydrogens is 404 g/mol. The number of aromatic amines is 1. The molecular formula is C22H15ClN4OS. The summed E-state index contributed by atoms with van der Waals surface area (Å²) in [4.78, 5) is 20.9. The number of carbonyl (C=O) groups excluding carboxylic acids is 1. The first-order valence-corrected chi connectivity index (χ1v) is 10.0. The molecule has 142 valence electrons. The molecule has 1 amide bonds. The summed E-state index contributed by atoms with van der Waals surface area (Å²) < 4.78 is 0. The number of H-pyrrole nitrogens is 1. The quantitative estimate of drug-likeness (QED) is 0.335. The number of thiazole rings is 1. The predicted octanol–water partition coefficient (Wildman–Crippen LogP) is 5.41. The van der Waals surface area contributed by atoms with Gasteiger partial charge in [0.25, 0.3) is 5.91 Å². The van der Waals surface area contributed by atoms with E-state index in [1.54, 1.807) is 18.5 Å². The highest BCUT2D eigenvalue weighted by atomic mass is 35.5. The topological polar surface area (TPSA) is 81.6 Å². The maximum atomic E-state index is 12.6. The number of amides is 1. The van der Waals surface area contributed by atoms with Crippen LogP contribution in [0.1, 0.15) is 16.0 Å². The Morgan fingerprint density at radius 1 is 1.28 bits per heavy atom. The zero-order valence-electron chi connectivity index (χ0n) is 15.1. The van der Waals surface area contributed by atoms with Crippen LogP contribution in [0.15, 0.2) is 66.5 Å². The number of benzene rings is 2. The van der Waals surface area contributed by atoms with Crippen molar-refractivity contribution in [2.45, 2.75) is 6.42 Å². The van der Waals surface area contributed by atoms with Crippen molar-refractivity contribution in [2.24, 2.45) is 0 Å². The maximum Gasteiger partial charge on any atom is 0.268 e. The summed E-state index contributed by atoms with van der Waals surface area (Å²) >= 11 is 7.39. The van der Waals surface area contributed by atoms with Gasteiger partial charge in [0.05, 0.1) is 0 Å². The molecule has 29 heavy (non-hydrogen) atoms. The minimum absolute atomic E-state index is 0.0151. The molecule has 2 heterocycles. The van der Waals surface area contributed by atoms with Crippen LogP contribution in [0, 0.1) is 11.3 Å². The van der Waals surface area contributed by atoms with Crippen LogP contribution in [0.25, 0.3) is 17.0 Å². The number of hydrogen-bond donors (Lipinski definition) is 2. The molecule has 0 aliphatic rings. The van der Waals surface area contributed by atoms with Gasteiger partial charge in [0.1, 0.15) is 11.6 Å². The largest absolute Gasteiger partial charge is 0.361 e. The molecule has 7 heteroatoms. The molecule has 0 unspecified atom stereocenters. The van der Waals surface area contributed by atoms with Crippen LogP contribution in [0.2, 0.25) is 5.02 Å². The average molecular weight is 419 g/mol. The van der Waals surface area contributed by atoms with Crippen molar-refractivity contribution in [3.05, 3.63) is 87.5 Å². The van der Waals surface area contributed by atoms with E-state index < -0.39 is 5.91 Å². The van der Waals surface area contributed by atoms with E-state index in [1.165, 1.54) is 11.3 Å². The lowest BCUT2D eigenvalue weighted by Gasteiger charge is -2.00. The van der Waals surface area contributed by atoms with E-state index in [-0.39, 0.29) is 5.57 Å². The molecule has 0 saturated heterocycles. The van der Waals surface area contributed by atoms with Crippen molar-refractivity contribution in [1.82, 2.24) is 9.97 Å². The van der Waals surface area contributed by atoms with Gasteiger partial charge in [0.2, 0.25) is 0 Å². The molecule has 2 aromatic heterocycles. The van der Waals surface area contributed by atoms with Gasteiger partial charge in [-0.1, -0.05) is 41.9 Å². The van der Waals surface area contributed by atoms with Gasteiger partial charge in [0.15, 0.2) is 5.13 Å². The lowest BCUT2D eigenvalue weighted by Crippen LogP contribution is -2.13. The SMILES string of the molecule is N#C/C(=C\c1c[nH]c2ccccc12)C(=O)Nc1ncc(Cc2cccc(Cl)c2)s1. The molecule has 0 radical (unpaired) electrons. The second-order valence-electron chi connectivity index (χ2n) is 6.35. The summed E-state index contributed by atoms with van der Waals surface area (Å²) in [5.74, 6) is -0.485. The lowest BCUT2D eigenvalue weighted by molar-refractivity contribution is -0.112. The third kappa shape index (κ3) is 4.37. The van der Waals surface area contributed by atoms with E-state index in [2.05, 4.69) is 15.3 Å². The van der Waals surface area contributed by atoms with Gasteiger partial charge >= 0.3 is 0 Å². The third-order valence-electron chi connectivity index (χ3n) is 4.33. The van der Waals surface area contributed by atoms with E-state index in [0.717, 1.165) is 26.9 Å². The van der Waals surface area contributed by atoms with Crippen molar-refractivity contribution in [3.8, 4) is 6.07 Å². The van der Waals surface area contributed by atoms with Gasteiger partial charge in [-0.25, -0.2) is 4.98 Å². The molecule has 5 nitrogen and oxygen atoms in total. The monoisotopic (exact) mass is 418 g/mol. The van der Waals surface area contributed by atoms with Crippen molar-refractivity contribution in [2.75, 3.05) is 5.32 Å². The standard InChI is InChI=1S/C22H15ClN4OS/c23-17-5-3-4-14(8-17)9-18-13-26-22(29-18)27-21(28)15(11-24)10-16-12-25-20-7-2-1-6-19(16)20/h1-8,10,12-13,25H,9H2,(H,26,27,28)/b15-10+. The van der Waals surface area contributed by atoms with Crippen molar-refractivity contribution >= 4 is 51.0 Å². The third-order valence-corrected chi connectivity index (χ3v) is 5.48. The molecule has 0 bridgehead atoms.